The van der Waals surface area contributed by atoms with Crippen LogP contribution >= 0.6 is 0 Å². The number of benzene rings is 1. The number of fused-ring (bicyclic) bond motifs is 1. The molecule has 0 spiro atoms. The smallest absolute Gasteiger partial charge is 0.120 e. The first kappa shape index (κ1) is 10.2. The van der Waals surface area contributed by atoms with Crippen LogP contribution in [0.3, 0.4) is 0 Å². The van der Waals surface area contributed by atoms with Gasteiger partial charge in [-0.15, -0.1) is 0 Å². The molecular weight excluding hydrogens is 198 g/mol. The zero-order chi connectivity index (χ0) is 11.0. The number of hydrogen-bond acceptors (Lipinski definition) is 2. The third kappa shape index (κ3) is 1.36. The molecule has 2 saturated heterocycles. The van der Waals surface area contributed by atoms with E-state index in [0.29, 0.717) is 5.75 Å². The second-order valence-corrected chi connectivity index (χ2v) is 5.10. The molecule has 0 aliphatic carbocycles. The number of rotatable bonds is 1. The minimum absolute atomic E-state index is 0.156. The normalized spacial score (nSPS) is 30.2. The van der Waals surface area contributed by atoms with E-state index in [9.17, 15) is 5.11 Å². The number of aromatic hydroxyl groups is 1. The van der Waals surface area contributed by atoms with E-state index in [2.05, 4.69) is 17.0 Å². The van der Waals surface area contributed by atoms with E-state index in [4.69, 9.17) is 0 Å². The second-order valence-electron chi connectivity index (χ2n) is 5.10. The van der Waals surface area contributed by atoms with E-state index in [1.54, 1.807) is 0 Å². The summed E-state index contributed by atoms with van der Waals surface area (Å²) in [5.41, 5.74) is 1.32. The van der Waals surface area contributed by atoms with Crippen LogP contribution in [0.4, 0.5) is 0 Å². The van der Waals surface area contributed by atoms with Crippen LogP contribution in [0.25, 0.3) is 0 Å². The molecule has 2 heterocycles. The van der Waals surface area contributed by atoms with E-state index in [-0.39, 0.29) is 5.54 Å². The summed E-state index contributed by atoms with van der Waals surface area (Å²) >= 11 is 0. The van der Waals surface area contributed by atoms with Gasteiger partial charge in [0.1, 0.15) is 5.75 Å². The standard InChI is InChI=1S/C14H19NO/c16-13-7-2-1-6-12(13)14-8-3-4-10-15(14)11-5-9-14/h1-2,6-7,16H,3-5,8-11H2. The molecule has 1 N–H and O–H groups in total. The van der Waals surface area contributed by atoms with Crippen molar-refractivity contribution in [3.8, 4) is 5.75 Å². The van der Waals surface area contributed by atoms with Gasteiger partial charge in [0.2, 0.25) is 0 Å². The molecule has 3 rings (SSSR count). The van der Waals surface area contributed by atoms with Crippen LogP contribution in [-0.4, -0.2) is 23.1 Å². The molecule has 2 aliphatic rings. The van der Waals surface area contributed by atoms with E-state index in [1.807, 2.05) is 12.1 Å². The number of phenolic OH excluding ortho intramolecular Hbond substituents is 1. The van der Waals surface area contributed by atoms with Crippen LogP contribution in [-0.2, 0) is 5.54 Å². The van der Waals surface area contributed by atoms with Gasteiger partial charge in [0, 0.05) is 11.1 Å². The van der Waals surface area contributed by atoms with Crippen molar-refractivity contribution in [2.24, 2.45) is 0 Å². The zero-order valence-corrected chi connectivity index (χ0v) is 9.65. The van der Waals surface area contributed by atoms with Crippen LogP contribution in [0.2, 0.25) is 0 Å². The van der Waals surface area contributed by atoms with Gasteiger partial charge < -0.3 is 5.11 Å². The van der Waals surface area contributed by atoms with Gasteiger partial charge in [-0.3, -0.25) is 4.90 Å². The Labute approximate surface area is 96.9 Å². The largest absolute Gasteiger partial charge is 0.508 e. The van der Waals surface area contributed by atoms with Crippen molar-refractivity contribution in [2.45, 2.75) is 37.6 Å². The van der Waals surface area contributed by atoms with Crippen LogP contribution in [0.5, 0.6) is 5.75 Å². The molecule has 2 nitrogen and oxygen atoms in total. The summed E-state index contributed by atoms with van der Waals surface area (Å²) in [4.78, 5) is 2.59. The highest BCUT2D eigenvalue weighted by Crippen LogP contribution is 2.47. The Morgan fingerprint density at radius 3 is 2.62 bits per heavy atom. The summed E-state index contributed by atoms with van der Waals surface area (Å²) in [7, 11) is 0. The van der Waals surface area contributed by atoms with Gasteiger partial charge in [-0.05, 0) is 51.3 Å². The lowest BCUT2D eigenvalue weighted by molar-refractivity contribution is 0.0860. The fourth-order valence-corrected chi connectivity index (χ4v) is 3.57. The van der Waals surface area contributed by atoms with Crippen molar-refractivity contribution in [1.29, 1.82) is 0 Å². The Balaban J connectivity index is 2.05. The van der Waals surface area contributed by atoms with Crippen LogP contribution < -0.4 is 0 Å². The molecule has 0 radical (unpaired) electrons. The molecule has 86 valence electrons. The first-order valence-corrected chi connectivity index (χ1v) is 6.36. The number of piperidine rings is 1. The first-order chi connectivity index (χ1) is 7.83. The highest BCUT2D eigenvalue weighted by Gasteiger charge is 2.44. The molecule has 1 aromatic carbocycles. The highest BCUT2D eigenvalue weighted by molar-refractivity contribution is 5.39. The second kappa shape index (κ2) is 3.77. The van der Waals surface area contributed by atoms with Crippen molar-refractivity contribution >= 4 is 0 Å². The van der Waals surface area contributed by atoms with Gasteiger partial charge in [-0.1, -0.05) is 18.2 Å². The number of phenols is 1. The lowest BCUT2D eigenvalue weighted by Gasteiger charge is -2.43. The molecule has 2 aliphatic heterocycles. The van der Waals surface area contributed by atoms with Gasteiger partial charge in [-0.25, -0.2) is 0 Å². The molecule has 16 heavy (non-hydrogen) atoms. The molecule has 2 fully saturated rings. The molecule has 0 bridgehead atoms. The van der Waals surface area contributed by atoms with Crippen molar-refractivity contribution < 1.29 is 5.11 Å². The van der Waals surface area contributed by atoms with E-state index in [0.717, 1.165) is 5.56 Å². The van der Waals surface area contributed by atoms with Crippen molar-refractivity contribution in [3.05, 3.63) is 29.8 Å². The third-order valence-corrected chi connectivity index (χ3v) is 4.30. The van der Waals surface area contributed by atoms with Gasteiger partial charge in [0.15, 0.2) is 0 Å². The zero-order valence-electron chi connectivity index (χ0n) is 9.65. The quantitative estimate of drug-likeness (QED) is 0.782. The molecule has 2 heteroatoms. The predicted molar refractivity (Wildman–Crippen MR) is 64.4 cm³/mol. The summed E-state index contributed by atoms with van der Waals surface area (Å²) in [6, 6.07) is 7.90. The predicted octanol–water partition coefficient (Wildman–Crippen LogP) is 2.87. The Morgan fingerprint density at radius 1 is 1.00 bits per heavy atom. The number of hydrogen-bond donors (Lipinski definition) is 1. The lowest BCUT2D eigenvalue weighted by Crippen LogP contribution is -2.44. The molecule has 1 unspecified atom stereocenters. The van der Waals surface area contributed by atoms with E-state index in [1.165, 1.54) is 45.2 Å². The molecule has 1 aromatic rings. The maximum absolute atomic E-state index is 10.1. The highest BCUT2D eigenvalue weighted by atomic mass is 16.3. The molecule has 0 aromatic heterocycles. The maximum atomic E-state index is 10.1. The number of para-hydroxylation sites is 1. The van der Waals surface area contributed by atoms with Gasteiger partial charge in [0.25, 0.3) is 0 Å². The van der Waals surface area contributed by atoms with Crippen LogP contribution in [0.1, 0.15) is 37.7 Å². The molecular formula is C14H19NO. The average molecular weight is 217 g/mol. The Bertz CT molecular complexity index is 390. The summed E-state index contributed by atoms with van der Waals surface area (Å²) in [6.07, 6.45) is 6.31. The van der Waals surface area contributed by atoms with Gasteiger partial charge >= 0.3 is 0 Å². The summed E-state index contributed by atoms with van der Waals surface area (Å²) < 4.78 is 0. The summed E-state index contributed by atoms with van der Waals surface area (Å²) in [5.74, 6) is 0.483. The van der Waals surface area contributed by atoms with Crippen molar-refractivity contribution in [2.75, 3.05) is 13.1 Å². The summed E-state index contributed by atoms with van der Waals surface area (Å²) in [6.45, 7) is 2.41. The Hall–Kier alpha value is -1.02. The average Bonchev–Trinajstić information content (AvgIpc) is 2.74. The molecule has 0 amide bonds. The topological polar surface area (TPSA) is 23.5 Å². The third-order valence-electron chi connectivity index (χ3n) is 4.30. The van der Waals surface area contributed by atoms with Gasteiger partial charge in [-0.2, -0.15) is 0 Å². The monoisotopic (exact) mass is 217 g/mol. The first-order valence-electron chi connectivity index (χ1n) is 6.36. The van der Waals surface area contributed by atoms with E-state index >= 15 is 0 Å². The van der Waals surface area contributed by atoms with Gasteiger partial charge in [0.05, 0.1) is 0 Å². The van der Waals surface area contributed by atoms with Crippen LogP contribution in [0, 0.1) is 0 Å². The fourth-order valence-electron chi connectivity index (χ4n) is 3.57. The Kier molecular flexibility index (Phi) is 2.40. The molecule has 0 saturated carbocycles. The Morgan fingerprint density at radius 2 is 1.75 bits per heavy atom. The minimum atomic E-state index is 0.156. The molecule has 1 atom stereocenters. The van der Waals surface area contributed by atoms with E-state index < -0.39 is 0 Å². The maximum Gasteiger partial charge on any atom is 0.120 e. The SMILES string of the molecule is Oc1ccccc1C12CCCCN1CCC2. The summed E-state index contributed by atoms with van der Waals surface area (Å²) in [5, 5.41) is 10.1. The van der Waals surface area contributed by atoms with Crippen molar-refractivity contribution in [3.63, 3.8) is 0 Å². The van der Waals surface area contributed by atoms with Crippen molar-refractivity contribution in [1.82, 2.24) is 4.90 Å². The number of nitrogens with zero attached hydrogens (tertiary/aromatic N) is 1. The van der Waals surface area contributed by atoms with Crippen LogP contribution in [0.15, 0.2) is 24.3 Å². The minimum Gasteiger partial charge on any atom is -0.508 e. The lowest BCUT2D eigenvalue weighted by atomic mass is 9.80. The fraction of sp³-hybridized carbons (Fsp3) is 0.571.